The highest BCUT2D eigenvalue weighted by Crippen LogP contribution is 2.36. The average molecular weight is 388 g/mol. The summed E-state index contributed by atoms with van der Waals surface area (Å²) in [5, 5.41) is 0.632. The van der Waals surface area contributed by atoms with Gasteiger partial charge in [0, 0.05) is 18.0 Å². The van der Waals surface area contributed by atoms with Crippen LogP contribution in [0.5, 0.6) is 5.06 Å². The summed E-state index contributed by atoms with van der Waals surface area (Å²) in [5.41, 5.74) is 2.05. The highest BCUT2D eigenvalue weighted by atomic mass is 32.1. The number of hydrogen-bond acceptors (Lipinski definition) is 6. The van der Waals surface area contributed by atoms with Gasteiger partial charge in [0.05, 0.1) is 12.5 Å². The van der Waals surface area contributed by atoms with Crippen molar-refractivity contribution in [1.29, 1.82) is 0 Å². The minimum atomic E-state index is -0.430. The molecule has 0 spiro atoms. The molecule has 0 bridgehead atoms. The van der Waals surface area contributed by atoms with Crippen molar-refractivity contribution in [2.24, 2.45) is 5.92 Å². The zero-order valence-electron chi connectivity index (χ0n) is 15.9. The lowest BCUT2D eigenvalue weighted by atomic mass is 10.0. The summed E-state index contributed by atoms with van der Waals surface area (Å²) >= 11 is 1.52. The highest BCUT2D eigenvalue weighted by molar-refractivity contribution is 7.14. The van der Waals surface area contributed by atoms with Gasteiger partial charge < -0.3 is 9.47 Å². The molecule has 2 aromatic rings. The Labute approximate surface area is 163 Å². The molecule has 1 atom stereocenters. The summed E-state index contributed by atoms with van der Waals surface area (Å²) in [6, 6.07) is 11.2. The number of carbonyl (C=O) groups excluding carboxylic acids is 2. The Morgan fingerprint density at radius 1 is 1.19 bits per heavy atom. The Morgan fingerprint density at radius 3 is 2.59 bits per heavy atom. The van der Waals surface area contributed by atoms with E-state index >= 15 is 0 Å². The number of fused-ring (bicyclic) bond motifs is 1. The molecule has 3 rings (SSSR count). The zero-order chi connectivity index (χ0) is 19.4. The lowest BCUT2D eigenvalue weighted by molar-refractivity contribution is -0.150. The quantitative estimate of drug-likeness (QED) is 0.702. The Kier molecular flexibility index (Phi) is 6.29. The van der Waals surface area contributed by atoms with E-state index in [1.807, 2.05) is 57.2 Å². The van der Waals surface area contributed by atoms with E-state index in [0.717, 1.165) is 24.1 Å². The fourth-order valence-corrected chi connectivity index (χ4v) is 4.18. The van der Waals surface area contributed by atoms with Crippen molar-refractivity contribution >= 4 is 23.3 Å². The molecule has 1 aromatic carbocycles. The Balaban J connectivity index is 1.81. The Morgan fingerprint density at radius 2 is 1.93 bits per heavy atom. The van der Waals surface area contributed by atoms with Gasteiger partial charge in [-0.3, -0.25) is 9.69 Å². The molecular weight excluding hydrogens is 362 g/mol. The predicted octanol–water partition coefficient (Wildman–Crippen LogP) is 3.97. The molecule has 5 nitrogen and oxygen atoms in total. The molecule has 0 radical (unpaired) electrons. The molecule has 1 aliphatic rings. The van der Waals surface area contributed by atoms with Gasteiger partial charge in [0.2, 0.25) is 0 Å². The van der Waals surface area contributed by atoms with Gasteiger partial charge >= 0.3 is 11.9 Å². The van der Waals surface area contributed by atoms with Crippen LogP contribution in [-0.4, -0.2) is 30.0 Å². The first-order valence-electron chi connectivity index (χ1n) is 9.28. The molecule has 0 amide bonds. The number of hydrogen-bond donors (Lipinski definition) is 0. The van der Waals surface area contributed by atoms with Gasteiger partial charge in [-0.25, -0.2) is 4.79 Å². The molecule has 144 valence electrons. The third-order valence-electron chi connectivity index (χ3n) is 4.54. The molecule has 2 heterocycles. The predicted molar refractivity (Wildman–Crippen MR) is 105 cm³/mol. The molecule has 1 aromatic heterocycles. The van der Waals surface area contributed by atoms with Crippen LogP contribution >= 0.6 is 11.3 Å². The molecule has 0 N–H and O–H groups in total. The van der Waals surface area contributed by atoms with Gasteiger partial charge in [0.25, 0.3) is 0 Å². The SMILES string of the molecule is CCOC(=O)C(c1ccccc1)N1CCc2sc(OC(=O)C(C)C)cc2C1. The first-order chi connectivity index (χ1) is 13.0. The minimum absolute atomic E-state index is 0.160. The first kappa shape index (κ1) is 19.6. The average Bonchev–Trinajstić information content (AvgIpc) is 3.04. The van der Waals surface area contributed by atoms with Crippen LogP contribution in [0, 0.1) is 5.92 Å². The van der Waals surface area contributed by atoms with Crippen molar-refractivity contribution < 1.29 is 19.1 Å². The number of thiophene rings is 1. The van der Waals surface area contributed by atoms with E-state index in [4.69, 9.17) is 9.47 Å². The van der Waals surface area contributed by atoms with E-state index in [0.29, 0.717) is 18.2 Å². The molecule has 1 unspecified atom stereocenters. The first-order valence-corrected chi connectivity index (χ1v) is 10.1. The number of carbonyl (C=O) groups is 2. The molecule has 0 aliphatic carbocycles. The third-order valence-corrected chi connectivity index (χ3v) is 5.65. The molecule has 6 heteroatoms. The topological polar surface area (TPSA) is 55.8 Å². The standard InChI is InChI=1S/C21H25NO4S/c1-4-25-21(24)19(15-8-6-5-7-9-15)22-11-10-17-16(13-22)12-18(27-17)26-20(23)14(2)3/h5-9,12,14,19H,4,10-11,13H2,1-3H3. The largest absolute Gasteiger partial charge is 0.465 e. The van der Waals surface area contributed by atoms with Crippen molar-refractivity contribution in [3.8, 4) is 5.06 Å². The van der Waals surface area contributed by atoms with Gasteiger partial charge in [-0.1, -0.05) is 44.2 Å². The van der Waals surface area contributed by atoms with Crippen LogP contribution in [-0.2, 0) is 27.3 Å². The van der Waals surface area contributed by atoms with Gasteiger partial charge in [0.1, 0.15) is 6.04 Å². The van der Waals surface area contributed by atoms with Crippen LogP contribution in [0.1, 0.15) is 42.8 Å². The fourth-order valence-electron chi connectivity index (χ4n) is 3.17. The maximum atomic E-state index is 12.6. The van der Waals surface area contributed by atoms with Gasteiger partial charge in [-0.15, -0.1) is 11.3 Å². The molecule has 27 heavy (non-hydrogen) atoms. The summed E-state index contributed by atoms with van der Waals surface area (Å²) in [7, 11) is 0. The monoisotopic (exact) mass is 387 g/mol. The summed E-state index contributed by atoms with van der Waals surface area (Å²) < 4.78 is 10.8. The zero-order valence-corrected chi connectivity index (χ0v) is 16.8. The third kappa shape index (κ3) is 4.57. The lowest BCUT2D eigenvalue weighted by Gasteiger charge is -2.33. The van der Waals surface area contributed by atoms with Crippen molar-refractivity contribution in [3.05, 3.63) is 52.4 Å². The fraction of sp³-hybridized carbons (Fsp3) is 0.429. The molecule has 0 fully saturated rings. The van der Waals surface area contributed by atoms with Crippen LogP contribution in [0.2, 0.25) is 0 Å². The van der Waals surface area contributed by atoms with Crippen molar-refractivity contribution in [2.75, 3.05) is 13.2 Å². The van der Waals surface area contributed by atoms with Gasteiger partial charge in [-0.2, -0.15) is 0 Å². The van der Waals surface area contributed by atoms with Crippen LogP contribution < -0.4 is 4.74 Å². The number of nitrogens with zero attached hydrogens (tertiary/aromatic N) is 1. The van der Waals surface area contributed by atoms with Crippen molar-refractivity contribution in [2.45, 2.75) is 39.8 Å². The summed E-state index contributed by atoms with van der Waals surface area (Å²) in [6.45, 7) is 7.20. The van der Waals surface area contributed by atoms with Crippen LogP contribution in [0.4, 0.5) is 0 Å². The Hall–Kier alpha value is -2.18. The van der Waals surface area contributed by atoms with Crippen LogP contribution in [0.15, 0.2) is 36.4 Å². The van der Waals surface area contributed by atoms with Crippen molar-refractivity contribution in [1.82, 2.24) is 4.90 Å². The van der Waals surface area contributed by atoms with Crippen LogP contribution in [0.25, 0.3) is 0 Å². The second kappa shape index (κ2) is 8.67. The lowest BCUT2D eigenvalue weighted by Crippen LogP contribution is -2.38. The number of ether oxygens (including phenoxy) is 2. The molecular formula is C21H25NO4S. The Bertz CT molecular complexity index is 800. The van der Waals surface area contributed by atoms with E-state index in [-0.39, 0.29) is 17.9 Å². The van der Waals surface area contributed by atoms with E-state index in [1.165, 1.54) is 16.2 Å². The number of benzene rings is 1. The summed E-state index contributed by atoms with van der Waals surface area (Å²) in [4.78, 5) is 27.9. The highest BCUT2D eigenvalue weighted by Gasteiger charge is 2.32. The second-order valence-electron chi connectivity index (χ2n) is 6.88. The van der Waals surface area contributed by atoms with E-state index in [2.05, 4.69) is 4.90 Å². The number of esters is 2. The maximum absolute atomic E-state index is 12.6. The summed E-state index contributed by atoms with van der Waals surface area (Å²) in [6.07, 6.45) is 0.821. The van der Waals surface area contributed by atoms with E-state index in [1.54, 1.807) is 0 Å². The smallest absolute Gasteiger partial charge is 0.328 e. The second-order valence-corrected chi connectivity index (χ2v) is 7.97. The number of rotatable bonds is 6. The molecule has 0 saturated carbocycles. The van der Waals surface area contributed by atoms with Crippen molar-refractivity contribution in [3.63, 3.8) is 0 Å². The van der Waals surface area contributed by atoms with Gasteiger partial charge in [0.15, 0.2) is 5.06 Å². The molecule has 1 aliphatic heterocycles. The minimum Gasteiger partial charge on any atom is -0.465 e. The maximum Gasteiger partial charge on any atom is 0.328 e. The van der Waals surface area contributed by atoms with E-state index in [9.17, 15) is 9.59 Å². The van der Waals surface area contributed by atoms with E-state index < -0.39 is 6.04 Å². The van der Waals surface area contributed by atoms with Gasteiger partial charge in [-0.05, 0) is 30.5 Å². The molecule has 0 saturated heterocycles. The summed E-state index contributed by atoms with van der Waals surface area (Å²) in [5.74, 6) is -0.611. The normalized spacial score (nSPS) is 15.3. The van der Waals surface area contributed by atoms with Crippen LogP contribution in [0.3, 0.4) is 0 Å².